The smallest absolute Gasteiger partial charge is 0.310 e. The minimum atomic E-state index is -4.50. The van der Waals surface area contributed by atoms with E-state index in [0.717, 1.165) is 10.7 Å². The molecular formula is C14H14F3N3OS. The third kappa shape index (κ3) is 3.62. The van der Waals surface area contributed by atoms with Crippen molar-refractivity contribution in [1.29, 1.82) is 0 Å². The lowest BCUT2D eigenvalue weighted by Gasteiger charge is -2.14. The van der Waals surface area contributed by atoms with Crippen LogP contribution in [0.15, 0.2) is 30.3 Å². The van der Waals surface area contributed by atoms with E-state index in [1.807, 2.05) is 0 Å². The SMILES string of the molecule is CSCC(=O)Nc1cc(C)nn1-c1ccccc1C(F)(F)F. The summed E-state index contributed by atoms with van der Waals surface area (Å²) in [6.45, 7) is 1.65. The predicted molar refractivity (Wildman–Crippen MR) is 80.3 cm³/mol. The van der Waals surface area contributed by atoms with E-state index >= 15 is 0 Å². The molecule has 0 saturated heterocycles. The average Bonchev–Trinajstić information content (AvgIpc) is 2.78. The summed E-state index contributed by atoms with van der Waals surface area (Å²) in [6.07, 6.45) is -2.74. The van der Waals surface area contributed by atoms with Gasteiger partial charge in [-0.2, -0.15) is 30.0 Å². The maximum atomic E-state index is 13.1. The second-order valence-corrected chi connectivity index (χ2v) is 5.44. The van der Waals surface area contributed by atoms with Crippen LogP contribution in [0.3, 0.4) is 0 Å². The van der Waals surface area contributed by atoms with Gasteiger partial charge in [0, 0.05) is 6.07 Å². The molecule has 22 heavy (non-hydrogen) atoms. The van der Waals surface area contributed by atoms with Gasteiger partial charge in [-0.15, -0.1) is 0 Å². The molecule has 0 bridgehead atoms. The Labute approximate surface area is 129 Å². The number of aromatic nitrogens is 2. The van der Waals surface area contributed by atoms with E-state index in [1.165, 1.54) is 36.0 Å². The fourth-order valence-electron chi connectivity index (χ4n) is 1.98. The van der Waals surface area contributed by atoms with Crippen molar-refractivity contribution >= 4 is 23.5 Å². The Morgan fingerprint density at radius 1 is 1.36 bits per heavy atom. The van der Waals surface area contributed by atoms with E-state index in [1.54, 1.807) is 13.2 Å². The Morgan fingerprint density at radius 2 is 2.05 bits per heavy atom. The zero-order chi connectivity index (χ0) is 16.3. The van der Waals surface area contributed by atoms with Crippen molar-refractivity contribution in [2.45, 2.75) is 13.1 Å². The van der Waals surface area contributed by atoms with Crippen LogP contribution in [0.1, 0.15) is 11.3 Å². The number of amides is 1. The first-order valence-corrected chi connectivity index (χ1v) is 7.74. The van der Waals surface area contributed by atoms with E-state index in [4.69, 9.17) is 0 Å². The van der Waals surface area contributed by atoms with Crippen LogP contribution in [-0.2, 0) is 11.0 Å². The first kappa shape index (κ1) is 16.4. The molecule has 0 spiro atoms. The van der Waals surface area contributed by atoms with Crippen LogP contribution >= 0.6 is 11.8 Å². The summed E-state index contributed by atoms with van der Waals surface area (Å²) in [7, 11) is 0. The number of hydrogen-bond acceptors (Lipinski definition) is 3. The number of carbonyl (C=O) groups is 1. The van der Waals surface area contributed by atoms with Gasteiger partial charge < -0.3 is 5.32 Å². The van der Waals surface area contributed by atoms with Crippen molar-refractivity contribution in [2.75, 3.05) is 17.3 Å². The monoisotopic (exact) mass is 329 g/mol. The molecule has 2 aromatic rings. The third-order valence-electron chi connectivity index (χ3n) is 2.81. The van der Waals surface area contributed by atoms with Gasteiger partial charge in [-0.3, -0.25) is 4.79 Å². The molecule has 0 atom stereocenters. The van der Waals surface area contributed by atoms with E-state index in [-0.39, 0.29) is 23.2 Å². The number of halogens is 3. The number of anilines is 1. The second kappa shape index (κ2) is 6.43. The largest absolute Gasteiger partial charge is 0.418 e. The quantitative estimate of drug-likeness (QED) is 0.934. The first-order chi connectivity index (χ1) is 10.3. The summed E-state index contributed by atoms with van der Waals surface area (Å²) in [6, 6.07) is 6.65. The maximum absolute atomic E-state index is 13.1. The molecule has 0 aliphatic carbocycles. The van der Waals surface area contributed by atoms with Crippen LogP contribution in [0.25, 0.3) is 5.69 Å². The molecule has 0 saturated carbocycles. The third-order valence-corrected chi connectivity index (χ3v) is 3.36. The summed E-state index contributed by atoms with van der Waals surface area (Å²) < 4.78 is 40.5. The number of para-hydroxylation sites is 1. The van der Waals surface area contributed by atoms with Crippen LogP contribution in [0.4, 0.5) is 19.0 Å². The molecule has 0 fully saturated rings. The lowest BCUT2D eigenvalue weighted by atomic mass is 10.1. The molecule has 1 aromatic carbocycles. The molecule has 4 nitrogen and oxygen atoms in total. The Morgan fingerprint density at radius 3 is 2.68 bits per heavy atom. The summed E-state index contributed by atoms with van der Waals surface area (Å²) in [5.41, 5.74) is -0.419. The van der Waals surface area contributed by atoms with E-state index < -0.39 is 11.7 Å². The summed E-state index contributed by atoms with van der Waals surface area (Å²) in [5, 5.41) is 6.65. The topological polar surface area (TPSA) is 46.9 Å². The minimum Gasteiger partial charge on any atom is -0.310 e. The fraction of sp³-hybridized carbons (Fsp3) is 0.286. The number of alkyl halides is 3. The van der Waals surface area contributed by atoms with Crippen LogP contribution in [0.2, 0.25) is 0 Å². The zero-order valence-corrected chi connectivity index (χ0v) is 12.8. The Bertz CT molecular complexity index is 682. The van der Waals surface area contributed by atoms with Gasteiger partial charge in [0.1, 0.15) is 5.82 Å². The lowest BCUT2D eigenvalue weighted by molar-refractivity contribution is -0.137. The molecule has 1 heterocycles. The Hall–Kier alpha value is -1.96. The van der Waals surface area contributed by atoms with Crippen molar-refractivity contribution in [3.05, 3.63) is 41.6 Å². The van der Waals surface area contributed by atoms with Gasteiger partial charge in [0.05, 0.1) is 22.7 Å². The lowest BCUT2D eigenvalue weighted by Crippen LogP contribution is -2.18. The number of nitrogens with one attached hydrogen (secondary N) is 1. The number of benzene rings is 1. The first-order valence-electron chi connectivity index (χ1n) is 6.35. The highest BCUT2D eigenvalue weighted by Gasteiger charge is 2.34. The molecule has 1 aromatic heterocycles. The standard InChI is InChI=1S/C14H14F3N3OS/c1-9-7-12(18-13(21)8-22-2)20(19-9)11-6-4-3-5-10(11)14(15,16)17/h3-7H,8H2,1-2H3,(H,18,21). The molecule has 8 heteroatoms. The highest BCUT2D eigenvalue weighted by atomic mass is 32.2. The summed E-state index contributed by atoms with van der Waals surface area (Å²) in [5.74, 6) is 0.136. The van der Waals surface area contributed by atoms with Crippen molar-refractivity contribution < 1.29 is 18.0 Å². The molecule has 118 valence electrons. The van der Waals surface area contributed by atoms with Gasteiger partial charge in [-0.25, -0.2) is 4.68 Å². The Balaban J connectivity index is 2.48. The molecular weight excluding hydrogens is 315 g/mol. The van der Waals surface area contributed by atoms with Crippen LogP contribution in [0, 0.1) is 6.92 Å². The number of rotatable bonds is 4. The van der Waals surface area contributed by atoms with E-state index in [0.29, 0.717) is 5.69 Å². The normalized spacial score (nSPS) is 11.5. The van der Waals surface area contributed by atoms with Gasteiger partial charge in [-0.1, -0.05) is 12.1 Å². The summed E-state index contributed by atoms with van der Waals surface area (Å²) in [4.78, 5) is 11.7. The van der Waals surface area contributed by atoms with Crippen molar-refractivity contribution in [3.63, 3.8) is 0 Å². The fourth-order valence-corrected chi connectivity index (χ4v) is 2.31. The number of carbonyl (C=O) groups excluding carboxylic acids is 1. The van der Waals surface area contributed by atoms with Gasteiger partial charge in [0.25, 0.3) is 0 Å². The van der Waals surface area contributed by atoms with Gasteiger partial charge in [0.2, 0.25) is 5.91 Å². The Kier molecular flexibility index (Phi) is 4.80. The van der Waals surface area contributed by atoms with Crippen LogP contribution < -0.4 is 5.32 Å². The average molecular weight is 329 g/mol. The molecule has 0 aliphatic heterocycles. The molecule has 1 amide bonds. The van der Waals surface area contributed by atoms with Crippen molar-refractivity contribution in [2.24, 2.45) is 0 Å². The van der Waals surface area contributed by atoms with Crippen molar-refractivity contribution in [1.82, 2.24) is 9.78 Å². The number of aryl methyl sites for hydroxylation is 1. The van der Waals surface area contributed by atoms with Gasteiger partial charge >= 0.3 is 6.18 Å². The van der Waals surface area contributed by atoms with Gasteiger partial charge in [-0.05, 0) is 25.3 Å². The van der Waals surface area contributed by atoms with Crippen LogP contribution in [0.5, 0.6) is 0 Å². The predicted octanol–water partition coefficient (Wildman–Crippen LogP) is 3.50. The highest BCUT2D eigenvalue weighted by Crippen LogP contribution is 2.34. The van der Waals surface area contributed by atoms with Crippen LogP contribution in [-0.4, -0.2) is 27.7 Å². The van der Waals surface area contributed by atoms with E-state index in [9.17, 15) is 18.0 Å². The highest BCUT2D eigenvalue weighted by molar-refractivity contribution is 7.99. The maximum Gasteiger partial charge on any atom is 0.418 e. The van der Waals surface area contributed by atoms with E-state index in [2.05, 4.69) is 10.4 Å². The minimum absolute atomic E-state index is 0.123. The molecule has 1 N–H and O–H groups in total. The molecule has 0 unspecified atom stereocenters. The number of nitrogens with zero attached hydrogens (tertiary/aromatic N) is 2. The molecule has 0 aliphatic rings. The zero-order valence-electron chi connectivity index (χ0n) is 11.9. The molecule has 2 rings (SSSR count). The number of hydrogen-bond donors (Lipinski definition) is 1. The number of thioether (sulfide) groups is 1. The van der Waals surface area contributed by atoms with Crippen molar-refractivity contribution in [3.8, 4) is 5.69 Å². The van der Waals surface area contributed by atoms with Gasteiger partial charge in [0.15, 0.2) is 0 Å². The molecule has 0 radical (unpaired) electrons. The summed E-state index contributed by atoms with van der Waals surface area (Å²) >= 11 is 1.32. The second-order valence-electron chi connectivity index (χ2n) is 4.58.